The molecular formula is C18H19N5O3S3. The molecule has 11 heteroatoms. The number of carbonyl (C=O) groups excluding carboxylic acids is 1. The first-order chi connectivity index (χ1) is 13.9. The van der Waals surface area contributed by atoms with E-state index >= 15 is 0 Å². The van der Waals surface area contributed by atoms with Gasteiger partial charge in [0.15, 0.2) is 0 Å². The smallest absolute Gasteiger partial charge is 0.272 e. The predicted octanol–water partition coefficient (Wildman–Crippen LogP) is 2.67. The number of nitrogens with one attached hydrogen (secondary N) is 1. The predicted molar refractivity (Wildman–Crippen MR) is 114 cm³/mol. The molecule has 3 heterocycles. The van der Waals surface area contributed by atoms with Crippen molar-refractivity contribution < 1.29 is 13.2 Å². The molecule has 1 aromatic carbocycles. The lowest BCUT2D eigenvalue weighted by atomic mass is 10.1. The third-order valence-electron chi connectivity index (χ3n) is 4.63. The zero-order valence-corrected chi connectivity index (χ0v) is 18.1. The number of hydrogen-bond donors (Lipinski definition) is 1. The number of aromatic nitrogens is 2. The van der Waals surface area contributed by atoms with E-state index in [1.54, 1.807) is 17.5 Å². The minimum Gasteiger partial charge on any atom is -0.369 e. The number of para-hydroxylation sites is 1. The molecule has 4 rings (SSSR count). The monoisotopic (exact) mass is 449 g/mol. The maximum absolute atomic E-state index is 12.9. The van der Waals surface area contributed by atoms with Crippen molar-refractivity contribution in [2.24, 2.45) is 0 Å². The van der Waals surface area contributed by atoms with Crippen molar-refractivity contribution >= 4 is 49.4 Å². The van der Waals surface area contributed by atoms with Crippen LogP contribution in [0.2, 0.25) is 0 Å². The molecule has 29 heavy (non-hydrogen) atoms. The lowest BCUT2D eigenvalue weighted by Crippen LogP contribution is -2.48. The first kappa shape index (κ1) is 20.0. The van der Waals surface area contributed by atoms with Crippen LogP contribution in [0.5, 0.6) is 0 Å². The van der Waals surface area contributed by atoms with Gasteiger partial charge in [-0.25, -0.2) is 8.42 Å². The molecule has 2 aromatic heterocycles. The van der Waals surface area contributed by atoms with Gasteiger partial charge in [-0.2, -0.15) is 4.31 Å². The van der Waals surface area contributed by atoms with Crippen LogP contribution in [-0.2, 0) is 10.0 Å². The van der Waals surface area contributed by atoms with Gasteiger partial charge in [-0.05, 0) is 30.0 Å². The molecule has 0 saturated carbocycles. The molecule has 8 nitrogen and oxygen atoms in total. The fourth-order valence-electron chi connectivity index (χ4n) is 3.13. The number of hydrogen-bond acceptors (Lipinski definition) is 8. The molecule has 0 radical (unpaired) electrons. The number of aryl methyl sites for hydroxylation is 1. The number of benzene rings is 1. The molecule has 0 unspecified atom stereocenters. The topological polar surface area (TPSA) is 95.5 Å². The summed E-state index contributed by atoms with van der Waals surface area (Å²) in [7, 11) is -3.74. The molecule has 0 aliphatic carbocycles. The van der Waals surface area contributed by atoms with Crippen molar-refractivity contribution in [3.05, 3.63) is 52.2 Å². The third-order valence-corrected chi connectivity index (χ3v) is 8.58. The van der Waals surface area contributed by atoms with Gasteiger partial charge < -0.3 is 4.90 Å². The highest BCUT2D eigenvalue weighted by atomic mass is 32.2. The van der Waals surface area contributed by atoms with Crippen LogP contribution in [0.15, 0.2) is 46.1 Å². The third kappa shape index (κ3) is 4.17. The van der Waals surface area contributed by atoms with Crippen molar-refractivity contribution in [2.75, 3.05) is 36.4 Å². The average molecular weight is 450 g/mol. The normalized spacial score (nSPS) is 15.4. The lowest BCUT2D eigenvalue weighted by molar-refractivity contribution is 0.103. The van der Waals surface area contributed by atoms with Crippen molar-refractivity contribution in [3.8, 4) is 0 Å². The molecule has 1 saturated heterocycles. The fraction of sp³-hybridized carbons (Fsp3) is 0.278. The molecule has 1 fully saturated rings. The molecule has 1 N–H and O–H groups in total. The van der Waals surface area contributed by atoms with Crippen LogP contribution < -0.4 is 10.2 Å². The highest BCUT2D eigenvalue weighted by Crippen LogP contribution is 2.27. The fourth-order valence-corrected chi connectivity index (χ4v) is 6.20. The van der Waals surface area contributed by atoms with Crippen LogP contribution in [0, 0.1) is 6.92 Å². The van der Waals surface area contributed by atoms with Gasteiger partial charge in [-0.1, -0.05) is 35.6 Å². The average Bonchev–Trinajstić information content (AvgIpc) is 3.41. The van der Waals surface area contributed by atoms with Crippen LogP contribution in [0.1, 0.15) is 15.2 Å². The van der Waals surface area contributed by atoms with Crippen molar-refractivity contribution in [2.45, 2.75) is 11.3 Å². The van der Waals surface area contributed by atoms with Gasteiger partial charge in [0, 0.05) is 31.9 Å². The minimum atomic E-state index is -3.74. The van der Waals surface area contributed by atoms with E-state index in [9.17, 15) is 13.2 Å². The Kier molecular flexibility index (Phi) is 5.63. The number of nitrogens with zero attached hydrogens (tertiary/aromatic N) is 4. The van der Waals surface area contributed by atoms with Gasteiger partial charge in [0.25, 0.3) is 15.9 Å². The molecule has 1 amide bonds. The zero-order valence-electron chi connectivity index (χ0n) is 15.6. The number of amides is 1. The summed E-state index contributed by atoms with van der Waals surface area (Å²) >= 11 is 2.16. The van der Waals surface area contributed by atoms with E-state index in [1.165, 1.54) is 21.2 Å². The minimum absolute atomic E-state index is 0.108. The molecule has 1 aliphatic rings. The Bertz CT molecular complexity index is 1100. The summed E-state index contributed by atoms with van der Waals surface area (Å²) in [5, 5.41) is 12.2. The van der Waals surface area contributed by atoms with Crippen molar-refractivity contribution in [3.63, 3.8) is 0 Å². The maximum Gasteiger partial charge on any atom is 0.272 e. The van der Waals surface area contributed by atoms with Crippen molar-refractivity contribution in [1.29, 1.82) is 0 Å². The number of piperazine rings is 1. The van der Waals surface area contributed by atoms with E-state index in [-0.39, 0.29) is 15.4 Å². The Morgan fingerprint density at radius 2 is 1.83 bits per heavy atom. The molecule has 1 aliphatic heterocycles. The van der Waals surface area contributed by atoms with Gasteiger partial charge in [-0.3, -0.25) is 10.1 Å². The van der Waals surface area contributed by atoms with Crippen LogP contribution in [0.4, 0.5) is 10.8 Å². The second-order valence-electron chi connectivity index (χ2n) is 6.48. The Morgan fingerprint density at radius 1 is 1.07 bits per heavy atom. The van der Waals surface area contributed by atoms with Gasteiger partial charge in [-0.15, -0.1) is 21.5 Å². The zero-order chi connectivity index (χ0) is 20.4. The lowest BCUT2D eigenvalue weighted by Gasteiger charge is -2.35. The van der Waals surface area contributed by atoms with Crippen LogP contribution in [0.3, 0.4) is 0 Å². The van der Waals surface area contributed by atoms with E-state index in [0.717, 1.165) is 17.0 Å². The summed E-state index contributed by atoms with van der Waals surface area (Å²) in [6.45, 7) is 3.99. The number of anilines is 2. The Morgan fingerprint density at radius 3 is 2.52 bits per heavy atom. The van der Waals surface area contributed by atoms with E-state index in [1.807, 2.05) is 31.2 Å². The number of carbonyl (C=O) groups is 1. The number of sulfonamides is 1. The van der Waals surface area contributed by atoms with Gasteiger partial charge >= 0.3 is 0 Å². The first-order valence-electron chi connectivity index (χ1n) is 8.94. The second-order valence-corrected chi connectivity index (χ2v) is 10.5. The standard InChI is InChI=1S/C18H19N5O3S3/c1-13-5-2-3-6-14(13)22-8-10-23(11-9-22)29(25,26)18-21-20-17(28-18)19-16(24)15-7-4-12-27-15/h2-7,12H,8-11H2,1H3,(H,19,20,24). The first-order valence-corrected chi connectivity index (χ1v) is 12.1. The van der Waals surface area contributed by atoms with Crippen molar-refractivity contribution in [1.82, 2.24) is 14.5 Å². The van der Waals surface area contributed by atoms with E-state index in [0.29, 0.717) is 31.1 Å². The van der Waals surface area contributed by atoms with Crippen LogP contribution >= 0.6 is 22.7 Å². The number of thiophene rings is 1. The molecule has 0 spiro atoms. The Hall–Kier alpha value is -2.34. The summed E-state index contributed by atoms with van der Waals surface area (Å²) in [5.41, 5.74) is 2.29. The molecular weight excluding hydrogens is 430 g/mol. The second kappa shape index (κ2) is 8.19. The van der Waals surface area contributed by atoms with E-state index < -0.39 is 10.0 Å². The summed E-state index contributed by atoms with van der Waals surface area (Å²) in [6, 6.07) is 11.5. The SMILES string of the molecule is Cc1ccccc1N1CCN(S(=O)(=O)c2nnc(NC(=O)c3cccs3)s2)CC1. The molecule has 3 aromatic rings. The van der Waals surface area contributed by atoms with Gasteiger partial charge in [0.2, 0.25) is 9.47 Å². The van der Waals surface area contributed by atoms with Crippen LogP contribution in [-0.4, -0.2) is 55.0 Å². The highest BCUT2D eigenvalue weighted by Gasteiger charge is 2.32. The number of rotatable bonds is 5. The molecule has 0 bridgehead atoms. The molecule has 0 atom stereocenters. The summed E-state index contributed by atoms with van der Waals surface area (Å²) < 4.78 is 27.2. The highest BCUT2D eigenvalue weighted by molar-refractivity contribution is 7.91. The largest absolute Gasteiger partial charge is 0.369 e. The van der Waals surface area contributed by atoms with Crippen LogP contribution in [0.25, 0.3) is 0 Å². The Balaban J connectivity index is 1.42. The van der Waals surface area contributed by atoms with E-state index in [2.05, 4.69) is 20.4 Å². The van der Waals surface area contributed by atoms with Gasteiger partial charge in [0.1, 0.15) is 0 Å². The molecule has 152 valence electrons. The quantitative estimate of drug-likeness (QED) is 0.602. The summed E-state index contributed by atoms with van der Waals surface area (Å²) in [5.74, 6) is -0.327. The van der Waals surface area contributed by atoms with Gasteiger partial charge in [0.05, 0.1) is 4.88 Å². The van der Waals surface area contributed by atoms with E-state index in [4.69, 9.17) is 0 Å². The maximum atomic E-state index is 12.9. The summed E-state index contributed by atoms with van der Waals surface area (Å²) in [4.78, 5) is 14.8. The Labute approximate surface area is 176 Å². The summed E-state index contributed by atoms with van der Waals surface area (Å²) in [6.07, 6.45) is 0.